The van der Waals surface area contributed by atoms with Crippen molar-refractivity contribution >= 4 is 35.3 Å². The maximum atomic E-state index is 12.3. The largest absolute Gasteiger partial charge is 0.494 e. The van der Waals surface area contributed by atoms with E-state index in [1.165, 1.54) is 6.21 Å². The Balaban J connectivity index is 1.69. The molecule has 1 amide bonds. The standard InChI is InChI=1S/C25H24Cl2N2O4/c1-3-31-20-11-9-18(10-12-20)25(30)29-28-15-17-13-22(27)24(23(14-17)32-4-2)33-16-19-7-5-6-8-21(19)26/h5-15H,3-4,16H2,1-2H3,(H,29,30)/b28-15+. The summed E-state index contributed by atoms with van der Waals surface area (Å²) >= 11 is 12.7. The quantitative estimate of drug-likeness (QED) is 0.276. The second kappa shape index (κ2) is 12.1. The van der Waals surface area contributed by atoms with Crippen LogP contribution in [-0.4, -0.2) is 25.3 Å². The number of amides is 1. The predicted octanol–water partition coefficient (Wildman–Crippen LogP) is 6.13. The Morgan fingerprint density at radius 2 is 1.67 bits per heavy atom. The van der Waals surface area contributed by atoms with Gasteiger partial charge >= 0.3 is 0 Å². The van der Waals surface area contributed by atoms with Crippen LogP contribution in [0.4, 0.5) is 0 Å². The summed E-state index contributed by atoms with van der Waals surface area (Å²) in [5, 5.41) is 4.99. The van der Waals surface area contributed by atoms with Gasteiger partial charge in [-0.2, -0.15) is 5.10 Å². The number of hydrogen-bond acceptors (Lipinski definition) is 5. The van der Waals surface area contributed by atoms with Gasteiger partial charge in [-0.05, 0) is 61.9 Å². The SMILES string of the molecule is CCOc1ccc(C(=O)N/N=C/c2cc(Cl)c(OCc3ccccc3Cl)c(OCC)c2)cc1. The fraction of sp³-hybridized carbons (Fsp3) is 0.200. The number of rotatable bonds is 10. The van der Waals surface area contributed by atoms with E-state index >= 15 is 0 Å². The Morgan fingerprint density at radius 1 is 0.939 bits per heavy atom. The van der Waals surface area contributed by atoms with Crippen molar-refractivity contribution in [3.05, 3.63) is 87.4 Å². The smallest absolute Gasteiger partial charge is 0.271 e. The monoisotopic (exact) mass is 486 g/mol. The Hall–Kier alpha value is -3.22. The summed E-state index contributed by atoms with van der Waals surface area (Å²) in [4.78, 5) is 12.3. The average molecular weight is 487 g/mol. The van der Waals surface area contributed by atoms with Crippen LogP contribution in [0.25, 0.3) is 0 Å². The number of hydrogen-bond donors (Lipinski definition) is 1. The minimum Gasteiger partial charge on any atom is -0.494 e. The van der Waals surface area contributed by atoms with E-state index in [4.69, 9.17) is 37.4 Å². The van der Waals surface area contributed by atoms with Crippen LogP contribution < -0.4 is 19.6 Å². The van der Waals surface area contributed by atoms with E-state index in [0.717, 1.165) is 5.56 Å². The summed E-state index contributed by atoms with van der Waals surface area (Å²) in [5.74, 6) is 1.24. The molecular weight excluding hydrogens is 463 g/mol. The van der Waals surface area contributed by atoms with Crippen LogP contribution in [0.15, 0.2) is 65.8 Å². The van der Waals surface area contributed by atoms with Gasteiger partial charge in [-0.1, -0.05) is 41.4 Å². The Kier molecular flexibility index (Phi) is 8.98. The molecule has 0 radical (unpaired) electrons. The molecule has 0 aliphatic heterocycles. The highest BCUT2D eigenvalue weighted by molar-refractivity contribution is 6.32. The minimum atomic E-state index is -0.342. The third-order valence-corrected chi connectivity index (χ3v) is 5.12. The van der Waals surface area contributed by atoms with Crippen molar-refractivity contribution in [2.75, 3.05) is 13.2 Å². The van der Waals surface area contributed by atoms with Crippen molar-refractivity contribution in [1.82, 2.24) is 5.43 Å². The van der Waals surface area contributed by atoms with Crippen molar-refractivity contribution in [3.63, 3.8) is 0 Å². The van der Waals surface area contributed by atoms with E-state index in [1.807, 2.05) is 32.0 Å². The number of nitrogens with zero attached hydrogens (tertiary/aromatic N) is 1. The van der Waals surface area contributed by atoms with Gasteiger partial charge in [-0.3, -0.25) is 4.79 Å². The topological polar surface area (TPSA) is 69.2 Å². The van der Waals surface area contributed by atoms with Gasteiger partial charge in [0.05, 0.1) is 24.5 Å². The van der Waals surface area contributed by atoms with Gasteiger partial charge in [0.2, 0.25) is 0 Å². The number of halogens is 2. The molecule has 0 bridgehead atoms. The molecule has 3 aromatic carbocycles. The van der Waals surface area contributed by atoms with Crippen molar-refractivity contribution in [2.24, 2.45) is 5.10 Å². The number of ether oxygens (including phenoxy) is 3. The Morgan fingerprint density at radius 3 is 2.36 bits per heavy atom. The molecule has 0 aliphatic rings. The van der Waals surface area contributed by atoms with Gasteiger partial charge < -0.3 is 14.2 Å². The maximum Gasteiger partial charge on any atom is 0.271 e. The second-order valence-corrected chi connectivity index (χ2v) is 7.61. The summed E-state index contributed by atoms with van der Waals surface area (Å²) in [6.45, 7) is 4.99. The number of carbonyl (C=O) groups is 1. The van der Waals surface area contributed by atoms with E-state index in [0.29, 0.717) is 51.6 Å². The summed E-state index contributed by atoms with van der Waals surface area (Å²) in [6.07, 6.45) is 1.48. The molecule has 0 heterocycles. The normalized spacial score (nSPS) is 10.8. The molecule has 0 fully saturated rings. The van der Waals surface area contributed by atoms with Gasteiger partial charge in [0, 0.05) is 16.1 Å². The van der Waals surface area contributed by atoms with Crippen LogP contribution in [0, 0.1) is 0 Å². The first-order valence-electron chi connectivity index (χ1n) is 10.4. The maximum absolute atomic E-state index is 12.3. The number of benzene rings is 3. The number of nitrogens with one attached hydrogen (secondary N) is 1. The van der Waals surface area contributed by atoms with Crippen LogP contribution >= 0.6 is 23.2 Å². The van der Waals surface area contributed by atoms with Crippen molar-refractivity contribution in [1.29, 1.82) is 0 Å². The van der Waals surface area contributed by atoms with Crippen LogP contribution in [0.3, 0.4) is 0 Å². The number of hydrazone groups is 1. The molecule has 0 aliphatic carbocycles. The Bertz CT molecular complexity index is 1120. The molecule has 0 saturated carbocycles. The molecule has 0 saturated heterocycles. The third kappa shape index (κ3) is 6.88. The van der Waals surface area contributed by atoms with Crippen molar-refractivity contribution < 1.29 is 19.0 Å². The summed E-state index contributed by atoms with van der Waals surface area (Å²) in [7, 11) is 0. The van der Waals surface area contributed by atoms with Crippen molar-refractivity contribution in [2.45, 2.75) is 20.5 Å². The zero-order valence-electron chi connectivity index (χ0n) is 18.3. The molecule has 3 rings (SSSR count). The van der Waals surface area contributed by atoms with Gasteiger partial charge in [0.15, 0.2) is 11.5 Å². The molecule has 172 valence electrons. The van der Waals surface area contributed by atoms with E-state index in [9.17, 15) is 4.79 Å². The second-order valence-electron chi connectivity index (χ2n) is 6.80. The first-order valence-corrected chi connectivity index (χ1v) is 11.2. The van der Waals surface area contributed by atoms with Gasteiger partial charge in [-0.25, -0.2) is 5.43 Å². The summed E-state index contributed by atoms with van der Waals surface area (Å²) in [5.41, 5.74) is 4.44. The zero-order chi connectivity index (χ0) is 23.6. The average Bonchev–Trinajstić information content (AvgIpc) is 2.80. The first kappa shape index (κ1) is 24.4. The van der Waals surface area contributed by atoms with E-state index in [-0.39, 0.29) is 12.5 Å². The fourth-order valence-corrected chi connectivity index (χ4v) is 3.39. The first-order chi connectivity index (χ1) is 16.0. The van der Waals surface area contributed by atoms with Crippen LogP contribution in [0.1, 0.15) is 35.3 Å². The third-order valence-electron chi connectivity index (χ3n) is 4.47. The van der Waals surface area contributed by atoms with Crippen LogP contribution in [0.5, 0.6) is 17.2 Å². The van der Waals surface area contributed by atoms with E-state index < -0.39 is 0 Å². The molecule has 1 N–H and O–H groups in total. The molecule has 0 atom stereocenters. The molecule has 0 aromatic heterocycles. The fourth-order valence-electron chi connectivity index (χ4n) is 2.93. The van der Waals surface area contributed by atoms with Crippen molar-refractivity contribution in [3.8, 4) is 17.2 Å². The zero-order valence-corrected chi connectivity index (χ0v) is 19.8. The molecule has 8 heteroatoms. The molecule has 0 unspecified atom stereocenters. The van der Waals surface area contributed by atoms with E-state index in [2.05, 4.69) is 10.5 Å². The number of carbonyl (C=O) groups excluding carboxylic acids is 1. The predicted molar refractivity (Wildman–Crippen MR) is 131 cm³/mol. The Labute approximate surface area is 203 Å². The van der Waals surface area contributed by atoms with Crippen LogP contribution in [-0.2, 0) is 6.61 Å². The lowest BCUT2D eigenvalue weighted by Crippen LogP contribution is -2.17. The van der Waals surface area contributed by atoms with Gasteiger partial charge in [-0.15, -0.1) is 0 Å². The lowest BCUT2D eigenvalue weighted by Gasteiger charge is -2.15. The highest BCUT2D eigenvalue weighted by Crippen LogP contribution is 2.37. The minimum absolute atomic E-state index is 0.241. The summed E-state index contributed by atoms with van der Waals surface area (Å²) in [6, 6.07) is 17.6. The molecule has 6 nitrogen and oxygen atoms in total. The molecule has 0 spiro atoms. The van der Waals surface area contributed by atoms with Gasteiger partial charge in [0.25, 0.3) is 5.91 Å². The highest BCUT2D eigenvalue weighted by atomic mass is 35.5. The molecular formula is C25H24Cl2N2O4. The molecule has 3 aromatic rings. The van der Waals surface area contributed by atoms with Gasteiger partial charge in [0.1, 0.15) is 12.4 Å². The lowest BCUT2D eigenvalue weighted by molar-refractivity contribution is 0.0955. The molecule has 33 heavy (non-hydrogen) atoms. The summed E-state index contributed by atoms with van der Waals surface area (Å²) < 4.78 is 17.0. The van der Waals surface area contributed by atoms with Crippen LogP contribution in [0.2, 0.25) is 10.0 Å². The highest BCUT2D eigenvalue weighted by Gasteiger charge is 2.13. The van der Waals surface area contributed by atoms with E-state index in [1.54, 1.807) is 42.5 Å². The lowest BCUT2D eigenvalue weighted by atomic mass is 10.2.